The molecular formula is C29H21Cl2N3O3S. The third-order valence-corrected chi connectivity index (χ3v) is 8.26. The quantitative estimate of drug-likeness (QED) is 0.137. The number of sulfonamides is 1. The lowest BCUT2D eigenvalue weighted by molar-refractivity contribution is -0.119. The molecule has 0 heterocycles. The number of hydrazone groups is 1. The first-order valence-corrected chi connectivity index (χ1v) is 13.8. The van der Waals surface area contributed by atoms with Gasteiger partial charge in [0.15, 0.2) is 0 Å². The van der Waals surface area contributed by atoms with Crippen LogP contribution >= 0.6 is 23.2 Å². The van der Waals surface area contributed by atoms with Crippen molar-refractivity contribution in [1.29, 1.82) is 0 Å². The van der Waals surface area contributed by atoms with E-state index in [0.717, 1.165) is 31.4 Å². The molecule has 1 amide bonds. The van der Waals surface area contributed by atoms with Crippen molar-refractivity contribution in [2.45, 2.75) is 4.90 Å². The SMILES string of the molecule is O=C(CN(c1cccc(Cl)c1)S(=O)(=O)c1ccc(Cl)cc1)N/N=C\c1c2ccccc2cc2ccccc12. The van der Waals surface area contributed by atoms with Crippen LogP contribution in [0.5, 0.6) is 0 Å². The van der Waals surface area contributed by atoms with Crippen molar-refractivity contribution in [2.75, 3.05) is 10.8 Å². The molecule has 0 radical (unpaired) electrons. The molecule has 0 atom stereocenters. The molecule has 0 saturated carbocycles. The fourth-order valence-electron chi connectivity index (χ4n) is 4.20. The summed E-state index contributed by atoms with van der Waals surface area (Å²) < 4.78 is 28.0. The van der Waals surface area contributed by atoms with Gasteiger partial charge in [0.1, 0.15) is 6.54 Å². The van der Waals surface area contributed by atoms with Crippen molar-refractivity contribution in [3.8, 4) is 0 Å². The van der Waals surface area contributed by atoms with Gasteiger partial charge in [0.2, 0.25) is 0 Å². The minimum atomic E-state index is -4.11. The zero-order valence-corrected chi connectivity index (χ0v) is 22.2. The maximum absolute atomic E-state index is 13.5. The second-order valence-electron chi connectivity index (χ2n) is 8.47. The van der Waals surface area contributed by atoms with Crippen molar-refractivity contribution in [1.82, 2.24) is 5.43 Å². The van der Waals surface area contributed by atoms with E-state index in [2.05, 4.69) is 16.6 Å². The molecule has 0 bridgehead atoms. The van der Waals surface area contributed by atoms with Gasteiger partial charge in [-0.05, 0) is 70.1 Å². The maximum atomic E-state index is 13.5. The average molecular weight is 562 g/mol. The summed E-state index contributed by atoms with van der Waals surface area (Å²) in [4.78, 5) is 13.0. The first-order chi connectivity index (χ1) is 18.3. The zero-order chi connectivity index (χ0) is 26.7. The van der Waals surface area contributed by atoms with E-state index in [4.69, 9.17) is 23.2 Å². The predicted octanol–water partition coefficient (Wildman–Crippen LogP) is 6.65. The van der Waals surface area contributed by atoms with Crippen LogP contribution in [0.3, 0.4) is 0 Å². The van der Waals surface area contributed by atoms with E-state index in [9.17, 15) is 13.2 Å². The highest BCUT2D eigenvalue weighted by Crippen LogP contribution is 2.28. The second kappa shape index (κ2) is 10.8. The number of benzene rings is 5. The van der Waals surface area contributed by atoms with E-state index < -0.39 is 22.5 Å². The first-order valence-electron chi connectivity index (χ1n) is 11.6. The van der Waals surface area contributed by atoms with Gasteiger partial charge in [0.05, 0.1) is 16.8 Å². The van der Waals surface area contributed by atoms with Crippen molar-refractivity contribution >= 4 is 72.6 Å². The lowest BCUT2D eigenvalue weighted by Crippen LogP contribution is -2.39. The number of fused-ring (bicyclic) bond motifs is 2. The Morgan fingerprint density at radius 1 is 0.789 bits per heavy atom. The fourth-order valence-corrected chi connectivity index (χ4v) is 5.93. The van der Waals surface area contributed by atoms with Crippen molar-refractivity contribution in [2.24, 2.45) is 5.10 Å². The zero-order valence-electron chi connectivity index (χ0n) is 19.9. The van der Waals surface area contributed by atoms with Crippen LogP contribution in [0.25, 0.3) is 21.5 Å². The lowest BCUT2D eigenvalue weighted by atomic mass is 9.97. The molecule has 6 nitrogen and oxygen atoms in total. The number of carbonyl (C=O) groups is 1. The third kappa shape index (κ3) is 5.36. The summed E-state index contributed by atoms with van der Waals surface area (Å²) in [5.74, 6) is -0.622. The van der Waals surface area contributed by atoms with Crippen LogP contribution in [0.2, 0.25) is 10.0 Å². The van der Waals surface area contributed by atoms with Crippen LogP contribution in [0, 0.1) is 0 Å². The number of hydrogen-bond acceptors (Lipinski definition) is 4. The van der Waals surface area contributed by atoms with E-state index in [1.165, 1.54) is 30.3 Å². The Morgan fingerprint density at radius 2 is 1.42 bits per heavy atom. The standard InChI is InChI=1S/C29H21Cl2N3O3S/c30-22-12-14-25(15-13-22)38(36,37)34(24-9-5-8-23(31)17-24)19-29(35)33-32-18-28-26-10-3-1-6-20(26)16-21-7-2-4-11-27(21)28/h1-18H,19H2,(H,33,35)/b32-18-. The van der Waals surface area contributed by atoms with Gasteiger partial charge in [0, 0.05) is 15.6 Å². The molecule has 0 aliphatic heterocycles. The summed E-state index contributed by atoms with van der Waals surface area (Å²) in [6.07, 6.45) is 1.58. The highest BCUT2D eigenvalue weighted by atomic mass is 35.5. The number of amides is 1. The lowest BCUT2D eigenvalue weighted by Gasteiger charge is -2.24. The highest BCUT2D eigenvalue weighted by Gasteiger charge is 2.27. The van der Waals surface area contributed by atoms with Gasteiger partial charge in [-0.2, -0.15) is 5.10 Å². The Bertz CT molecular complexity index is 1740. The van der Waals surface area contributed by atoms with Crippen molar-refractivity contribution in [3.05, 3.63) is 119 Å². The maximum Gasteiger partial charge on any atom is 0.264 e. The third-order valence-electron chi connectivity index (χ3n) is 5.98. The minimum Gasteiger partial charge on any atom is -0.271 e. The van der Waals surface area contributed by atoms with Crippen LogP contribution in [-0.4, -0.2) is 27.1 Å². The summed E-state index contributed by atoms with van der Waals surface area (Å²) in [6, 6.07) is 29.9. The molecule has 5 aromatic rings. The number of halogens is 2. The molecule has 38 heavy (non-hydrogen) atoms. The monoisotopic (exact) mass is 561 g/mol. The summed E-state index contributed by atoms with van der Waals surface area (Å²) in [5, 5.41) is 8.96. The molecule has 0 aliphatic rings. The molecule has 5 aromatic carbocycles. The van der Waals surface area contributed by atoms with Gasteiger partial charge in [-0.3, -0.25) is 9.10 Å². The van der Waals surface area contributed by atoms with E-state index >= 15 is 0 Å². The van der Waals surface area contributed by atoms with Gasteiger partial charge in [-0.25, -0.2) is 13.8 Å². The Morgan fingerprint density at radius 3 is 2.05 bits per heavy atom. The fraction of sp³-hybridized carbons (Fsp3) is 0.0345. The van der Waals surface area contributed by atoms with Crippen LogP contribution in [0.15, 0.2) is 113 Å². The van der Waals surface area contributed by atoms with E-state index in [1.54, 1.807) is 24.4 Å². The predicted molar refractivity (Wildman–Crippen MR) is 155 cm³/mol. The van der Waals surface area contributed by atoms with Crippen molar-refractivity contribution in [3.63, 3.8) is 0 Å². The van der Waals surface area contributed by atoms with E-state index in [0.29, 0.717) is 10.0 Å². The number of nitrogens with one attached hydrogen (secondary N) is 1. The first kappa shape index (κ1) is 25.7. The number of anilines is 1. The van der Waals surface area contributed by atoms with Crippen LogP contribution < -0.4 is 9.73 Å². The molecule has 0 spiro atoms. The molecule has 5 rings (SSSR count). The smallest absolute Gasteiger partial charge is 0.264 e. The van der Waals surface area contributed by atoms with Crippen molar-refractivity contribution < 1.29 is 13.2 Å². The molecule has 0 saturated heterocycles. The number of hydrogen-bond donors (Lipinski definition) is 1. The van der Waals surface area contributed by atoms with Crippen LogP contribution in [0.4, 0.5) is 5.69 Å². The molecule has 9 heteroatoms. The van der Waals surface area contributed by atoms with E-state index in [-0.39, 0.29) is 10.6 Å². The molecular weight excluding hydrogens is 541 g/mol. The average Bonchev–Trinajstić information content (AvgIpc) is 2.91. The van der Waals surface area contributed by atoms with Gasteiger partial charge >= 0.3 is 0 Å². The Hall–Kier alpha value is -3.91. The largest absolute Gasteiger partial charge is 0.271 e. The summed E-state index contributed by atoms with van der Waals surface area (Å²) >= 11 is 12.1. The highest BCUT2D eigenvalue weighted by molar-refractivity contribution is 7.92. The number of carbonyl (C=O) groups excluding carboxylic acids is 1. The molecule has 0 aromatic heterocycles. The molecule has 0 fully saturated rings. The molecule has 0 unspecified atom stereocenters. The summed E-state index contributed by atoms with van der Waals surface area (Å²) in [6.45, 7) is -0.515. The number of nitrogens with zero attached hydrogens (tertiary/aromatic N) is 2. The van der Waals surface area contributed by atoms with E-state index in [1.807, 2.05) is 48.5 Å². The van der Waals surface area contributed by atoms with Gasteiger partial charge in [0.25, 0.3) is 15.9 Å². The van der Waals surface area contributed by atoms with Crippen LogP contribution in [-0.2, 0) is 14.8 Å². The molecule has 1 N–H and O–H groups in total. The summed E-state index contributed by atoms with van der Waals surface area (Å²) in [7, 11) is -4.11. The topological polar surface area (TPSA) is 78.8 Å². The van der Waals surface area contributed by atoms with Crippen LogP contribution in [0.1, 0.15) is 5.56 Å². The van der Waals surface area contributed by atoms with Gasteiger partial charge in [-0.1, -0.05) is 77.8 Å². The molecule has 0 aliphatic carbocycles. The minimum absolute atomic E-state index is 0.0135. The summed E-state index contributed by atoms with van der Waals surface area (Å²) in [5.41, 5.74) is 3.57. The van der Waals surface area contributed by atoms with Gasteiger partial charge < -0.3 is 0 Å². The molecule has 190 valence electrons. The Kier molecular flexibility index (Phi) is 7.33. The Balaban J connectivity index is 1.45. The number of rotatable bonds is 7. The second-order valence-corrected chi connectivity index (χ2v) is 11.2. The van der Waals surface area contributed by atoms with Gasteiger partial charge in [-0.15, -0.1) is 0 Å². The Labute approximate surface area is 230 Å². The normalized spacial score (nSPS) is 11.7.